The molecule has 24 nitrogen and oxygen atoms in total. The fourth-order valence-electron chi connectivity index (χ4n) is 15.7. The summed E-state index contributed by atoms with van der Waals surface area (Å²) in [5.74, 6) is -9.33. The lowest BCUT2D eigenvalue weighted by atomic mass is 9.84. The van der Waals surface area contributed by atoms with Gasteiger partial charge in [-0.05, 0) is 124 Å². The van der Waals surface area contributed by atoms with E-state index in [9.17, 15) is 46.7 Å². The van der Waals surface area contributed by atoms with Crippen LogP contribution in [0.4, 0.5) is 13.2 Å². The van der Waals surface area contributed by atoms with E-state index in [2.05, 4.69) is 16.0 Å². The molecule has 5 aliphatic rings. The minimum Gasteiger partial charge on any atom is -0.347 e. The molecule has 1 spiro atoms. The van der Waals surface area contributed by atoms with Crippen molar-refractivity contribution in [2.24, 2.45) is 23.7 Å². The van der Waals surface area contributed by atoms with E-state index in [1.165, 1.54) is 111 Å². The van der Waals surface area contributed by atoms with Gasteiger partial charge >= 0.3 is 6.18 Å². The fourth-order valence-corrected chi connectivity index (χ4v) is 16.1. The van der Waals surface area contributed by atoms with E-state index in [0.717, 1.165) is 54.0 Å². The molecule has 2 heterocycles. The molecule has 105 heavy (non-hydrogen) atoms. The minimum atomic E-state index is -4.79. The molecule has 0 bridgehead atoms. The summed E-state index contributed by atoms with van der Waals surface area (Å²) >= 11 is 12.6. The molecule has 2 aliphatic heterocycles. The van der Waals surface area contributed by atoms with E-state index in [4.69, 9.17) is 23.2 Å². The largest absolute Gasteiger partial charge is 0.417 e. The van der Waals surface area contributed by atoms with Gasteiger partial charge in [0.15, 0.2) is 0 Å². The molecule has 5 fully saturated rings. The number of amides is 12. The Labute approximate surface area is 626 Å². The average molecular weight is 1510 g/mol. The number of hydrogen-bond donors (Lipinski definition) is 3. The number of fused-ring (bicyclic) bond motifs is 1. The van der Waals surface area contributed by atoms with Gasteiger partial charge in [0.05, 0.1) is 23.6 Å². The molecule has 2 aromatic carbocycles. The number of likely N-dealkylation sites (N-methyl/N-ethyl adjacent to an activating group) is 8. The summed E-state index contributed by atoms with van der Waals surface area (Å²) < 4.78 is 42.0. The second-order valence-electron chi connectivity index (χ2n) is 30.7. The van der Waals surface area contributed by atoms with Crippen molar-refractivity contribution < 1.29 is 70.7 Å². The molecule has 7 rings (SSSR count). The van der Waals surface area contributed by atoms with Crippen molar-refractivity contribution >= 4 is 94.1 Å². The Balaban J connectivity index is 1.34. The fraction of sp³-hybridized carbons (Fsp3) is 0.684. The van der Waals surface area contributed by atoms with E-state index in [-0.39, 0.29) is 75.3 Å². The number of hydrogen-bond acceptors (Lipinski definition) is 12. The number of aryl methyl sites for hydroxylation is 1. The monoisotopic (exact) mass is 1510 g/mol. The third-order valence-corrected chi connectivity index (χ3v) is 23.3. The smallest absolute Gasteiger partial charge is 0.347 e. The van der Waals surface area contributed by atoms with Crippen molar-refractivity contribution in [2.75, 3.05) is 76.5 Å². The molecule has 0 radical (unpaired) electrons. The number of carbonyl (C=O) groups excluding carboxylic acids is 12. The predicted octanol–water partition coefficient (Wildman–Crippen LogP) is 7.37. The molecule has 10 atom stereocenters. The van der Waals surface area contributed by atoms with Crippen LogP contribution in [0, 0.1) is 23.7 Å². The highest BCUT2D eigenvalue weighted by Crippen LogP contribution is 2.39. The molecule has 1 unspecified atom stereocenters. The number of nitrogens with one attached hydrogen (secondary N) is 3. The average Bonchev–Trinajstić information content (AvgIpc) is 1.59. The van der Waals surface area contributed by atoms with Crippen LogP contribution in [-0.4, -0.2) is 251 Å². The second-order valence-corrected chi connectivity index (χ2v) is 31.6. The predicted molar refractivity (Wildman–Crippen MR) is 391 cm³/mol. The van der Waals surface area contributed by atoms with Gasteiger partial charge in [-0.3, -0.25) is 57.5 Å². The zero-order valence-corrected chi connectivity index (χ0v) is 65.1. The molecule has 2 aromatic rings. The van der Waals surface area contributed by atoms with Crippen LogP contribution in [0.2, 0.25) is 10.0 Å². The highest BCUT2D eigenvalue weighted by molar-refractivity contribution is 6.31. The Morgan fingerprint density at radius 1 is 0.648 bits per heavy atom. The molecule has 3 saturated carbocycles. The van der Waals surface area contributed by atoms with Crippen LogP contribution in [0.15, 0.2) is 42.5 Å². The van der Waals surface area contributed by atoms with Crippen LogP contribution in [0.5, 0.6) is 0 Å². The maximum absolute atomic E-state index is 15.8. The molecule has 12 amide bonds. The van der Waals surface area contributed by atoms with Crippen LogP contribution >= 0.6 is 23.2 Å². The molecule has 582 valence electrons. The normalized spacial score (nSPS) is 26.5. The van der Waals surface area contributed by atoms with Crippen molar-refractivity contribution in [3.63, 3.8) is 0 Å². The van der Waals surface area contributed by atoms with E-state index in [0.29, 0.717) is 55.5 Å². The second kappa shape index (κ2) is 36.8. The summed E-state index contributed by atoms with van der Waals surface area (Å²) in [4.78, 5) is 193. The SMILES string of the molecule is CC[C@H](C)[C@@H]1NC(=O)[C@H](CC(C)C)N(C)C(=O)C[C@@H](C(=O)N(C)C)N(C)C(=O)[C@H](C2CCCC2)N(C)C(=O)C2(CCCC2)NC(=O)[C@H](Cc2ccc(Cl)cc2)N(C)C(=O)[C@H](CCc2ccc(C(F)(F)F)c(Cl)c2)NC(=O)CN(C)C(=O)[C@H](CC2CCCCC2)N(C)C(=O)C2CCN2C(=O)[C@H](C)N(C)C1=O. The number of benzene rings is 2. The van der Waals surface area contributed by atoms with E-state index < -0.39 is 172 Å². The van der Waals surface area contributed by atoms with Crippen LogP contribution in [-0.2, 0) is 76.6 Å². The van der Waals surface area contributed by atoms with Crippen molar-refractivity contribution in [3.8, 4) is 0 Å². The first-order chi connectivity index (χ1) is 49.3. The van der Waals surface area contributed by atoms with Crippen molar-refractivity contribution in [3.05, 3.63) is 69.2 Å². The lowest BCUT2D eigenvalue weighted by Gasteiger charge is -2.45. The zero-order valence-electron chi connectivity index (χ0n) is 63.6. The Bertz CT molecular complexity index is 3470. The van der Waals surface area contributed by atoms with Crippen molar-refractivity contribution in [1.82, 2.24) is 60.0 Å². The van der Waals surface area contributed by atoms with Crippen LogP contribution in [0.1, 0.15) is 173 Å². The van der Waals surface area contributed by atoms with Crippen LogP contribution in [0.25, 0.3) is 0 Å². The minimum absolute atomic E-state index is 0.00156. The van der Waals surface area contributed by atoms with E-state index >= 15 is 24.0 Å². The number of alkyl halides is 3. The number of rotatable bonds is 13. The summed E-state index contributed by atoms with van der Waals surface area (Å²) in [6, 6.07) is -1.92. The molecule has 3 aliphatic carbocycles. The maximum Gasteiger partial charge on any atom is 0.417 e. The van der Waals surface area contributed by atoms with Gasteiger partial charge in [0.25, 0.3) is 0 Å². The lowest BCUT2D eigenvalue weighted by Crippen LogP contribution is -2.65. The van der Waals surface area contributed by atoms with Gasteiger partial charge in [0, 0.05) is 81.4 Å². The number of carbonyl (C=O) groups is 12. The number of nitrogens with zero attached hydrogens (tertiary/aromatic N) is 9. The molecule has 2 saturated heterocycles. The molecular weight excluding hydrogens is 1400 g/mol. The van der Waals surface area contributed by atoms with Crippen molar-refractivity contribution in [2.45, 2.75) is 236 Å². The Hall–Kier alpha value is -7.55. The Morgan fingerprint density at radius 2 is 1.25 bits per heavy atom. The van der Waals surface area contributed by atoms with Gasteiger partial charge in [0.1, 0.15) is 59.9 Å². The highest BCUT2D eigenvalue weighted by atomic mass is 35.5. The summed E-state index contributed by atoms with van der Waals surface area (Å²) in [7, 11) is 12.8. The Kier molecular flexibility index (Phi) is 29.7. The van der Waals surface area contributed by atoms with Gasteiger partial charge in [0.2, 0.25) is 70.9 Å². The molecule has 0 aromatic heterocycles. The standard InChI is InChI=1S/C76H111Cl2F3N12O12/c1-15-46(4)63-72(103)87(9)47(5)67(98)93-38-35-56(93)71(102)90(12)59(42-48-23-17-16-18-24-48)70(101)86(8)44-61(94)82-55(34-30-49-29-33-53(54(78)40-49)76(79,80)81)68(99)89(11)58(41-50-27-31-52(77)32-28-50)66(97)84-75(36-21-22-37-75)74(105)92(14)64(51-25-19-20-26-51)73(104)91(13)60(69(100)85(6)7)43-62(95)88(10)57(39-45(2)3)65(96)83-63/h27-29,31-33,40,45-48,51,55-60,63-64H,15-26,30,34-39,41-44H2,1-14H3,(H,82,94)(H,83,96)(H,84,97)/t46-,47-,55-,56?,57-,58-,59-,60-,63-,64-/m0/s1. The molecular formula is C76H111Cl2F3N12O12. The summed E-state index contributed by atoms with van der Waals surface area (Å²) in [5.41, 5.74) is -1.98. The maximum atomic E-state index is 15.8. The quantitative estimate of drug-likeness (QED) is 0.177. The van der Waals surface area contributed by atoms with E-state index in [1.54, 1.807) is 31.2 Å². The van der Waals surface area contributed by atoms with Crippen LogP contribution in [0.3, 0.4) is 0 Å². The third-order valence-electron chi connectivity index (χ3n) is 22.8. The number of halogens is 5. The topological polar surface area (TPSA) is 270 Å². The highest BCUT2D eigenvalue weighted by Gasteiger charge is 2.52. The lowest BCUT2D eigenvalue weighted by molar-refractivity contribution is -0.160. The summed E-state index contributed by atoms with van der Waals surface area (Å²) in [6.07, 6.45) is 2.79. The van der Waals surface area contributed by atoms with Gasteiger partial charge in [-0.25, -0.2) is 0 Å². The first kappa shape index (κ1) is 84.7. The summed E-state index contributed by atoms with van der Waals surface area (Å²) in [5, 5.41) is 8.52. The van der Waals surface area contributed by atoms with Gasteiger partial charge in [-0.2, -0.15) is 13.2 Å². The van der Waals surface area contributed by atoms with Gasteiger partial charge in [-0.1, -0.05) is 133 Å². The molecule has 3 N–H and O–H groups in total. The third kappa shape index (κ3) is 20.6. The zero-order chi connectivity index (χ0) is 77.9. The Morgan fingerprint density at radius 3 is 1.81 bits per heavy atom. The van der Waals surface area contributed by atoms with Gasteiger partial charge in [-0.15, -0.1) is 0 Å². The van der Waals surface area contributed by atoms with E-state index in [1.807, 2.05) is 20.8 Å². The van der Waals surface area contributed by atoms with Crippen LogP contribution < -0.4 is 16.0 Å². The van der Waals surface area contributed by atoms with Crippen molar-refractivity contribution in [1.29, 1.82) is 0 Å². The van der Waals surface area contributed by atoms with Gasteiger partial charge < -0.3 is 60.0 Å². The molecule has 29 heteroatoms. The first-order valence-corrected chi connectivity index (χ1v) is 38.0. The summed E-state index contributed by atoms with van der Waals surface area (Å²) in [6.45, 7) is 8.29. The first-order valence-electron chi connectivity index (χ1n) is 37.2.